The van der Waals surface area contributed by atoms with Crippen LogP contribution < -0.4 is 4.74 Å². The topological polar surface area (TPSA) is 137 Å². The summed E-state index contributed by atoms with van der Waals surface area (Å²) < 4.78 is 32.3. The molecule has 0 unspecified atom stereocenters. The lowest BCUT2D eigenvalue weighted by Gasteiger charge is -2.43. The van der Waals surface area contributed by atoms with E-state index in [9.17, 15) is 19.2 Å². The minimum atomic E-state index is -1.31. The molecule has 0 aromatic carbocycles. The molecule has 11 nitrogen and oxygen atoms in total. The van der Waals surface area contributed by atoms with Crippen LogP contribution >= 0.6 is 0 Å². The van der Waals surface area contributed by atoms with Crippen LogP contribution in [-0.2, 0) is 42.9 Å². The second-order valence-electron chi connectivity index (χ2n) is 6.35. The average molecular weight is 425 g/mol. The molecule has 2 heterocycles. The van der Waals surface area contributed by atoms with Crippen molar-refractivity contribution in [2.45, 2.75) is 58.4 Å². The Bertz CT molecular complexity index is 768. The zero-order valence-corrected chi connectivity index (χ0v) is 16.9. The van der Waals surface area contributed by atoms with Crippen molar-refractivity contribution < 1.29 is 47.6 Å². The molecule has 30 heavy (non-hydrogen) atoms. The zero-order chi connectivity index (χ0) is 22.3. The van der Waals surface area contributed by atoms with Gasteiger partial charge >= 0.3 is 23.9 Å². The van der Waals surface area contributed by atoms with Crippen LogP contribution in [0.25, 0.3) is 0 Å². The molecule has 2 rings (SSSR count). The fourth-order valence-electron chi connectivity index (χ4n) is 2.82. The predicted molar refractivity (Wildman–Crippen MR) is 96.8 cm³/mol. The first-order valence-electron chi connectivity index (χ1n) is 9.05. The number of aromatic nitrogens is 1. The summed E-state index contributed by atoms with van der Waals surface area (Å²) in [5.74, 6) is -2.61. The molecule has 0 aliphatic carbocycles. The summed E-state index contributed by atoms with van der Waals surface area (Å²) in [6, 6.07) is 4.86. The van der Waals surface area contributed by atoms with E-state index in [4.69, 9.17) is 28.4 Å². The molecule has 0 bridgehead atoms. The van der Waals surface area contributed by atoms with Gasteiger partial charge in [0.15, 0.2) is 12.2 Å². The number of nitrogens with zero attached hydrogens (tertiary/aromatic N) is 1. The summed E-state index contributed by atoms with van der Waals surface area (Å²) in [5.41, 5.74) is 0. The second-order valence-corrected chi connectivity index (χ2v) is 6.35. The molecule has 1 aliphatic heterocycles. The van der Waals surface area contributed by atoms with Crippen LogP contribution in [-0.4, -0.2) is 66.2 Å². The Morgan fingerprint density at radius 2 is 1.47 bits per heavy atom. The van der Waals surface area contributed by atoms with Gasteiger partial charge in [0.2, 0.25) is 18.3 Å². The van der Waals surface area contributed by atoms with Crippen molar-refractivity contribution in [3.05, 3.63) is 24.4 Å². The van der Waals surface area contributed by atoms with Gasteiger partial charge < -0.3 is 28.4 Å². The van der Waals surface area contributed by atoms with E-state index in [2.05, 4.69) is 4.98 Å². The number of carbonyl (C=O) groups excluding carboxylic acids is 4. The standard InChI is InChI=1S/C19H23NO10/c1-10(21)25-9-14-16(26-11(2)22)17(27-12(3)23)18(28-13(4)24)19(29-14)30-15-7-5-6-8-20-15/h5-8,14,16-19H,9H2,1-4H3/t14-,16-,17+,18-,19+/m1/s1. The van der Waals surface area contributed by atoms with E-state index in [1.807, 2.05) is 0 Å². The SMILES string of the molecule is CC(=O)OC[C@H]1O[C@@H](Oc2ccccn2)[C@H](OC(C)=O)[C@@H](OC(C)=O)[C@@H]1OC(C)=O. The van der Waals surface area contributed by atoms with E-state index in [0.29, 0.717) is 0 Å². The van der Waals surface area contributed by atoms with Crippen LogP contribution in [0.3, 0.4) is 0 Å². The van der Waals surface area contributed by atoms with Crippen LogP contribution in [0.5, 0.6) is 5.88 Å². The largest absolute Gasteiger partial charge is 0.463 e. The van der Waals surface area contributed by atoms with Crippen molar-refractivity contribution in [3.8, 4) is 5.88 Å². The quantitative estimate of drug-likeness (QED) is 0.447. The Morgan fingerprint density at radius 3 is 2.00 bits per heavy atom. The maximum absolute atomic E-state index is 11.7. The molecule has 0 N–H and O–H groups in total. The molecule has 0 saturated carbocycles. The first-order chi connectivity index (χ1) is 14.2. The highest BCUT2D eigenvalue weighted by molar-refractivity contribution is 5.68. The van der Waals surface area contributed by atoms with Gasteiger partial charge in [0.25, 0.3) is 0 Å². The molecular formula is C19H23NO10. The van der Waals surface area contributed by atoms with Gasteiger partial charge in [-0.1, -0.05) is 6.07 Å². The minimum Gasteiger partial charge on any atom is -0.463 e. The number of hydrogen-bond donors (Lipinski definition) is 0. The van der Waals surface area contributed by atoms with Gasteiger partial charge in [-0.15, -0.1) is 0 Å². The summed E-state index contributed by atoms with van der Waals surface area (Å²) in [6.45, 7) is 4.29. The van der Waals surface area contributed by atoms with Crippen LogP contribution in [0.1, 0.15) is 27.7 Å². The van der Waals surface area contributed by atoms with Crippen molar-refractivity contribution in [1.29, 1.82) is 0 Å². The fraction of sp³-hybridized carbons (Fsp3) is 0.526. The normalized spacial score (nSPS) is 25.5. The number of hydrogen-bond acceptors (Lipinski definition) is 11. The third-order valence-corrected chi connectivity index (χ3v) is 3.82. The molecule has 1 aromatic rings. The Hall–Kier alpha value is -3.21. The van der Waals surface area contributed by atoms with Crippen molar-refractivity contribution >= 4 is 23.9 Å². The van der Waals surface area contributed by atoms with Gasteiger partial charge in [-0.3, -0.25) is 19.2 Å². The van der Waals surface area contributed by atoms with Crippen LogP contribution in [0.4, 0.5) is 0 Å². The van der Waals surface area contributed by atoms with E-state index in [0.717, 1.165) is 20.8 Å². The first kappa shape index (κ1) is 23.1. The van der Waals surface area contributed by atoms with Gasteiger partial charge in [0.05, 0.1) is 0 Å². The first-order valence-corrected chi connectivity index (χ1v) is 9.05. The highest BCUT2D eigenvalue weighted by Gasteiger charge is 2.53. The molecule has 1 fully saturated rings. The smallest absolute Gasteiger partial charge is 0.303 e. The summed E-state index contributed by atoms with van der Waals surface area (Å²) in [7, 11) is 0. The second kappa shape index (κ2) is 10.5. The molecule has 5 atom stereocenters. The molecule has 164 valence electrons. The summed E-state index contributed by atoms with van der Waals surface area (Å²) in [6.07, 6.45) is -4.74. The zero-order valence-electron chi connectivity index (χ0n) is 16.9. The van der Waals surface area contributed by atoms with Crippen molar-refractivity contribution in [3.63, 3.8) is 0 Å². The molecule has 11 heteroatoms. The Labute approximate surface area is 172 Å². The predicted octanol–water partition coefficient (Wildman–Crippen LogP) is 0.543. The molecular weight excluding hydrogens is 402 g/mol. The highest BCUT2D eigenvalue weighted by atomic mass is 16.7. The minimum absolute atomic E-state index is 0.137. The molecule has 0 spiro atoms. The average Bonchev–Trinajstić information content (AvgIpc) is 2.64. The van der Waals surface area contributed by atoms with Crippen LogP contribution in [0.15, 0.2) is 24.4 Å². The molecule has 1 aliphatic rings. The fourth-order valence-corrected chi connectivity index (χ4v) is 2.82. The van der Waals surface area contributed by atoms with Gasteiger partial charge in [0, 0.05) is 40.0 Å². The third kappa shape index (κ3) is 6.69. The number of esters is 4. The molecule has 0 radical (unpaired) electrons. The van der Waals surface area contributed by atoms with Crippen molar-refractivity contribution in [2.75, 3.05) is 6.61 Å². The van der Waals surface area contributed by atoms with Gasteiger partial charge in [0.1, 0.15) is 12.7 Å². The maximum Gasteiger partial charge on any atom is 0.303 e. The number of ether oxygens (including phenoxy) is 6. The highest BCUT2D eigenvalue weighted by Crippen LogP contribution is 2.30. The third-order valence-electron chi connectivity index (χ3n) is 3.82. The number of rotatable bonds is 7. The van der Waals surface area contributed by atoms with Gasteiger partial charge in [-0.25, -0.2) is 4.98 Å². The van der Waals surface area contributed by atoms with E-state index >= 15 is 0 Å². The van der Waals surface area contributed by atoms with Crippen LogP contribution in [0, 0.1) is 0 Å². The number of carbonyl (C=O) groups is 4. The number of pyridine rings is 1. The van der Waals surface area contributed by atoms with E-state index in [1.165, 1.54) is 19.2 Å². The summed E-state index contributed by atoms with van der Waals surface area (Å²) in [4.78, 5) is 50.4. The molecule has 1 saturated heterocycles. The van der Waals surface area contributed by atoms with Crippen molar-refractivity contribution in [1.82, 2.24) is 4.98 Å². The lowest BCUT2D eigenvalue weighted by Crippen LogP contribution is -2.63. The van der Waals surface area contributed by atoms with Crippen molar-refractivity contribution in [2.24, 2.45) is 0 Å². The monoisotopic (exact) mass is 425 g/mol. The lowest BCUT2D eigenvalue weighted by atomic mass is 9.98. The van der Waals surface area contributed by atoms with E-state index < -0.39 is 54.6 Å². The Morgan fingerprint density at radius 1 is 0.867 bits per heavy atom. The Kier molecular flexibility index (Phi) is 8.10. The van der Waals surface area contributed by atoms with Crippen LogP contribution in [0.2, 0.25) is 0 Å². The van der Waals surface area contributed by atoms with Gasteiger partial charge in [-0.2, -0.15) is 0 Å². The maximum atomic E-state index is 11.7. The molecule has 1 aromatic heterocycles. The summed E-state index contributed by atoms with van der Waals surface area (Å²) >= 11 is 0. The lowest BCUT2D eigenvalue weighted by molar-refractivity contribution is -0.289. The Balaban J connectivity index is 2.42. The molecule has 0 amide bonds. The van der Waals surface area contributed by atoms with E-state index in [-0.39, 0.29) is 12.5 Å². The van der Waals surface area contributed by atoms with Gasteiger partial charge in [-0.05, 0) is 6.07 Å². The summed E-state index contributed by atoms with van der Waals surface area (Å²) in [5, 5.41) is 0. The van der Waals surface area contributed by atoms with E-state index in [1.54, 1.807) is 12.1 Å².